The largest absolute Gasteiger partial charge is 0.448 e. The fourth-order valence-electron chi connectivity index (χ4n) is 1.72. The van der Waals surface area contributed by atoms with E-state index in [1.807, 2.05) is 0 Å². The molecular weight excluding hydrogens is 352 g/mol. The Balaban J connectivity index is 2.00. The van der Waals surface area contributed by atoms with Gasteiger partial charge in [-0.3, -0.25) is 14.4 Å². The van der Waals surface area contributed by atoms with Gasteiger partial charge in [0.2, 0.25) is 0 Å². The molecule has 0 aromatic carbocycles. The molecule has 0 saturated carbocycles. The predicted octanol–water partition coefficient (Wildman–Crippen LogP) is 2.30. The van der Waals surface area contributed by atoms with Crippen LogP contribution < -0.4 is 11.1 Å². The molecule has 24 heavy (non-hydrogen) atoms. The predicted molar refractivity (Wildman–Crippen MR) is 90.7 cm³/mol. The molecule has 1 atom stereocenters. The van der Waals surface area contributed by atoms with Crippen LogP contribution in [0.1, 0.15) is 43.5 Å². The van der Waals surface area contributed by atoms with Gasteiger partial charge in [0.1, 0.15) is 9.88 Å². The fraction of sp³-hybridized carbons (Fsp3) is 0.200. The zero-order valence-electron chi connectivity index (χ0n) is 12.8. The third kappa shape index (κ3) is 4.06. The van der Waals surface area contributed by atoms with Crippen molar-refractivity contribution in [1.82, 2.24) is 0 Å². The maximum Gasteiger partial charge on any atom is 0.349 e. The number of ketones is 1. The first-order valence-electron chi connectivity index (χ1n) is 6.79. The molecule has 9 heteroatoms. The summed E-state index contributed by atoms with van der Waals surface area (Å²) in [5.74, 6) is -2.10. The van der Waals surface area contributed by atoms with Gasteiger partial charge >= 0.3 is 5.97 Å². The van der Waals surface area contributed by atoms with Gasteiger partial charge in [-0.2, -0.15) is 0 Å². The van der Waals surface area contributed by atoms with E-state index in [1.54, 1.807) is 5.38 Å². The van der Waals surface area contributed by atoms with Crippen LogP contribution in [0.5, 0.6) is 0 Å². The Morgan fingerprint density at radius 3 is 2.42 bits per heavy atom. The van der Waals surface area contributed by atoms with E-state index >= 15 is 0 Å². The highest BCUT2D eigenvalue weighted by atomic mass is 32.1. The van der Waals surface area contributed by atoms with E-state index in [0.717, 1.165) is 22.7 Å². The number of amides is 2. The van der Waals surface area contributed by atoms with Crippen molar-refractivity contribution in [3.05, 3.63) is 38.9 Å². The number of thiophene rings is 2. The van der Waals surface area contributed by atoms with Crippen LogP contribution in [0.25, 0.3) is 0 Å². The van der Waals surface area contributed by atoms with Crippen LogP contribution in [0.2, 0.25) is 0 Å². The standard InChI is InChI=1S/C15H14N2O5S2/c1-7(18)10-3-4-11(24-10)15(21)22-8(2)13(20)17-14-9(12(16)19)5-6-23-14/h3-6,8H,1-2H3,(H2,16,19)(H,17,20)/t8-/m1/s1. The van der Waals surface area contributed by atoms with Crippen molar-refractivity contribution >= 4 is 51.2 Å². The Labute approximate surface area is 145 Å². The molecule has 0 aliphatic carbocycles. The highest BCUT2D eigenvalue weighted by Gasteiger charge is 2.22. The highest BCUT2D eigenvalue weighted by Crippen LogP contribution is 2.23. The zero-order chi connectivity index (χ0) is 17.9. The van der Waals surface area contributed by atoms with Crippen molar-refractivity contribution < 1.29 is 23.9 Å². The normalized spacial score (nSPS) is 11.6. The lowest BCUT2D eigenvalue weighted by atomic mass is 10.3. The summed E-state index contributed by atoms with van der Waals surface area (Å²) in [4.78, 5) is 47.2. The number of rotatable bonds is 6. The van der Waals surface area contributed by atoms with E-state index in [2.05, 4.69) is 5.32 Å². The number of ether oxygens (including phenoxy) is 1. The second-order valence-electron chi connectivity index (χ2n) is 4.78. The van der Waals surface area contributed by atoms with Crippen LogP contribution in [-0.2, 0) is 9.53 Å². The van der Waals surface area contributed by atoms with Crippen LogP contribution in [0, 0.1) is 0 Å². The van der Waals surface area contributed by atoms with Crippen molar-refractivity contribution in [1.29, 1.82) is 0 Å². The molecule has 2 aromatic rings. The molecule has 3 N–H and O–H groups in total. The number of nitrogens with one attached hydrogen (secondary N) is 1. The average Bonchev–Trinajstić information content (AvgIpc) is 3.15. The second kappa shape index (κ2) is 7.37. The molecule has 2 rings (SSSR count). The van der Waals surface area contributed by atoms with Crippen LogP contribution in [0.3, 0.4) is 0 Å². The van der Waals surface area contributed by atoms with Crippen LogP contribution in [0.15, 0.2) is 23.6 Å². The van der Waals surface area contributed by atoms with E-state index in [9.17, 15) is 19.2 Å². The Kier molecular flexibility index (Phi) is 5.47. The number of esters is 1. The zero-order valence-corrected chi connectivity index (χ0v) is 14.5. The number of anilines is 1. The third-order valence-electron chi connectivity index (χ3n) is 2.97. The van der Waals surface area contributed by atoms with Gasteiger partial charge in [0.15, 0.2) is 11.9 Å². The number of hydrogen-bond donors (Lipinski definition) is 2. The van der Waals surface area contributed by atoms with Gasteiger partial charge in [-0.25, -0.2) is 4.79 Å². The average molecular weight is 366 g/mol. The van der Waals surface area contributed by atoms with E-state index < -0.39 is 23.9 Å². The minimum Gasteiger partial charge on any atom is -0.448 e. The summed E-state index contributed by atoms with van der Waals surface area (Å²) in [6.45, 7) is 2.80. The highest BCUT2D eigenvalue weighted by molar-refractivity contribution is 7.16. The quantitative estimate of drug-likeness (QED) is 0.601. The van der Waals surface area contributed by atoms with E-state index in [1.165, 1.54) is 32.0 Å². The van der Waals surface area contributed by atoms with Crippen molar-refractivity contribution in [2.24, 2.45) is 5.73 Å². The molecular formula is C15H14N2O5S2. The number of nitrogens with two attached hydrogens (primary N) is 1. The summed E-state index contributed by atoms with van der Waals surface area (Å²) in [5, 5.41) is 4.41. The molecule has 0 bridgehead atoms. The molecule has 0 spiro atoms. The Hall–Kier alpha value is -2.52. The smallest absolute Gasteiger partial charge is 0.349 e. The Bertz CT molecular complexity index is 808. The molecule has 0 aliphatic rings. The first-order chi connectivity index (χ1) is 11.3. The number of primary amides is 1. The summed E-state index contributed by atoms with van der Waals surface area (Å²) >= 11 is 2.14. The molecule has 7 nitrogen and oxygen atoms in total. The maximum absolute atomic E-state index is 12.1. The fourth-order valence-corrected chi connectivity index (χ4v) is 3.30. The number of Topliss-reactive ketones (excluding diaryl/α,β-unsaturated/α-hetero) is 1. The molecule has 2 amide bonds. The maximum atomic E-state index is 12.1. The number of carbonyl (C=O) groups excluding carboxylic acids is 4. The Morgan fingerprint density at radius 2 is 1.83 bits per heavy atom. The Morgan fingerprint density at radius 1 is 1.17 bits per heavy atom. The lowest BCUT2D eigenvalue weighted by Crippen LogP contribution is -2.30. The van der Waals surface area contributed by atoms with Crippen molar-refractivity contribution in [3.8, 4) is 0 Å². The molecule has 0 saturated heterocycles. The van der Waals surface area contributed by atoms with Gasteiger partial charge in [0.05, 0.1) is 10.4 Å². The summed E-state index contributed by atoms with van der Waals surface area (Å²) in [5.41, 5.74) is 5.39. The molecule has 126 valence electrons. The lowest BCUT2D eigenvalue weighted by molar-refractivity contribution is -0.123. The van der Waals surface area contributed by atoms with Crippen LogP contribution in [-0.4, -0.2) is 29.7 Å². The summed E-state index contributed by atoms with van der Waals surface area (Å²) in [6, 6.07) is 4.49. The summed E-state index contributed by atoms with van der Waals surface area (Å²) in [7, 11) is 0. The van der Waals surface area contributed by atoms with Crippen molar-refractivity contribution in [2.45, 2.75) is 20.0 Å². The van der Waals surface area contributed by atoms with Crippen molar-refractivity contribution in [3.63, 3.8) is 0 Å². The molecule has 0 fully saturated rings. The van der Waals surface area contributed by atoms with Gasteiger partial charge in [0, 0.05) is 0 Å². The van der Waals surface area contributed by atoms with E-state index in [4.69, 9.17) is 10.5 Å². The summed E-state index contributed by atoms with van der Waals surface area (Å²) in [6.07, 6.45) is -1.08. The van der Waals surface area contributed by atoms with Gasteiger partial charge in [-0.05, 0) is 37.4 Å². The van der Waals surface area contributed by atoms with Gasteiger partial charge in [0.25, 0.3) is 11.8 Å². The first kappa shape index (κ1) is 17.8. The molecule has 0 aliphatic heterocycles. The van der Waals surface area contributed by atoms with Gasteiger partial charge in [-0.1, -0.05) is 0 Å². The van der Waals surface area contributed by atoms with E-state index in [-0.39, 0.29) is 16.2 Å². The molecule has 2 aromatic heterocycles. The minimum absolute atomic E-state index is 0.151. The number of hydrogen-bond acceptors (Lipinski definition) is 7. The molecule has 2 heterocycles. The van der Waals surface area contributed by atoms with Crippen LogP contribution >= 0.6 is 22.7 Å². The number of carbonyl (C=O) groups is 4. The molecule has 0 radical (unpaired) electrons. The molecule has 0 unspecified atom stereocenters. The van der Waals surface area contributed by atoms with Gasteiger partial charge in [-0.15, -0.1) is 22.7 Å². The second-order valence-corrected chi connectivity index (χ2v) is 6.78. The minimum atomic E-state index is -1.08. The monoisotopic (exact) mass is 366 g/mol. The van der Waals surface area contributed by atoms with Crippen molar-refractivity contribution in [2.75, 3.05) is 5.32 Å². The topological polar surface area (TPSA) is 116 Å². The lowest BCUT2D eigenvalue weighted by Gasteiger charge is -2.12. The van der Waals surface area contributed by atoms with Gasteiger partial charge < -0.3 is 15.8 Å². The first-order valence-corrected chi connectivity index (χ1v) is 8.49. The van der Waals surface area contributed by atoms with Crippen LogP contribution in [0.4, 0.5) is 5.00 Å². The SMILES string of the molecule is CC(=O)c1ccc(C(=O)O[C@H](C)C(=O)Nc2sccc2C(N)=O)s1. The third-order valence-corrected chi connectivity index (χ3v) is 4.97. The summed E-state index contributed by atoms with van der Waals surface area (Å²) < 4.78 is 5.08. The van der Waals surface area contributed by atoms with E-state index in [0.29, 0.717) is 9.88 Å².